The van der Waals surface area contributed by atoms with Crippen LogP contribution in [0.15, 0.2) is 0 Å². The van der Waals surface area contributed by atoms with E-state index in [9.17, 15) is 13.2 Å². The van der Waals surface area contributed by atoms with E-state index in [0.717, 1.165) is 39.1 Å². The Labute approximate surface area is 132 Å². The summed E-state index contributed by atoms with van der Waals surface area (Å²) in [7, 11) is -3.13. The summed E-state index contributed by atoms with van der Waals surface area (Å²) >= 11 is 0. The second-order valence-corrected chi connectivity index (χ2v) is 8.59. The average Bonchev–Trinajstić information content (AvgIpc) is 2.90. The summed E-state index contributed by atoms with van der Waals surface area (Å²) < 4.78 is 25.3. The Hall–Kier alpha value is -0.700. The van der Waals surface area contributed by atoms with Crippen LogP contribution in [-0.4, -0.2) is 104 Å². The molecule has 4 fully saturated rings. The first kappa shape index (κ1) is 16.2. The predicted octanol–water partition coefficient (Wildman–Crippen LogP) is -1.13. The van der Waals surface area contributed by atoms with Crippen molar-refractivity contribution in [1.82, 2.24) is 19.0 Å². The molecule has 0 spiro atoms. The lowest BCUT2D eigenvalue weighted by atomic mass is 10.1. The lowest BCUT2D eigenvalue weighted by molar-refractivity contribution is -0.139. The van der Waals surface area contributed by atoms with Gasteiger partial charge in [0.25, 0.3) is 0 Å². The number of fused-ring (bicyclic) bond motifs is 4. The number of hydrogen-bond acceptors (Lipinski definition) is 5. The van der Waals surface area contributed by atoms with E-state index in [4.69, 9.17) is 0 Å². The van der Waals surface area contributed by atoms with Gasteiger partial charge in [-0.1, -0.05) is 0 Å². The van der Waals surface area contributed by atoms with E-state index in [2.05, 4.69) is 9.80 Å². The maximum Gasteiger partial charge on any atom is 0.241 e. The van der Waals surface area contributed by atoms with Gasteiger partial charge in [-0.2, -0.15) is 4.31 Å². The number of nitrogens with zero attached hydrogens (tertiary/aromatic N) is 4. The van der Waals surface area contributed by atoms with Crippen LogP contribution < -0.4 is 0 Å². The van der Waals surface area contributed by atoms with Crippen LogP contribution in [0.2, 0.25) is 0 Å². The SMILES string of the molecule is CCS(=O)(=O)N1CCN(C(=O)C2CN3CCCN2CC3)CC1. The largest absolute Gasteiger partial charge is 0.339 e. The van der Waals surface area contributed by atoms with Crippen LogP contribution >= 0.6 is 0 Å². The van der Waals surface area contributed by atoms with E-state index in [1.807, 2.05) is 4.90 Å². The van der Waals surface area contributed by atoms with Crippen molar-refractivity contribution in [2.45, 2.75) is 19.4 Å². The molecule has 3 unspecified atom stereocenters. The Morgan fingerprint density at radius 1 is 1.00 bits per heavy atom. The summed E-state index contributed by atoms with van der Waals surface area (Å²) in [6.45, 7) is 8.50. The van der Waals surface area contributed by atoms with Crippen molar-refractivity contribution in [2.75, 3.05) is 64.7 Å². The molecule has 4 saturated heterocycles. The normalized spacial score (nSPS) is 33.7. The Morgan fingerprint density at radius 3 is 2.41 bits per heavy atom. The number of carbonyl (C=O) groups is 1. The summed E-state index contributed by atoms with van der Waals surface area (Å²) in [4.78, 5) is 19.4. The van der Waals surface area contributed by atoms with Crippen molar-refractivity contribution >= 4 is 15.9 Å². The smallest absolute Gasteiger partial charge is 0.241 e. The quantitative estimate of drug-likeness (QED) is 0.655. The van der Waals surface area contributed by atoms with E-state index in [0.29, 0.717) is 26.2 Å². The number of sulfonamides is 1. The lowest BCUT2D eigenvalue weighted by Gasteiger charge is -2.41. The van der Waals surface area contributed by atoms with Gasteiger partial charge in [-0.3, -0.25) is 14.6 Å². The van der Waals surface area contributed by atoms with Gasteiger partial charge in [0, 0.05) is 52.4 Å². The molecule has 7 nitrogen and oxygen atoms in total. The summed E-state index contributed by atoms with van der Waals surface area (Å²) in [5.41, 5.74) is 0. The summed E-state index contributed by atoms with van der Waals surface area (Å²) in [6, 6.07) is -0.0365. The second kappa shape index (κ2) is 6.43. The van der Waals surface area contributed by atoms with Crippen LogP contribution in [0.3, 0.4) is 0 Å². The third-order valence-corrected chi connectivity index (χ3v) is 6.97. The topological polar surface area (TPSA) is 64.2 Å². The first-order chi connectivity index (χ1) is 10.5. The molecule has 0 radical (unpaired) electrons. The van der Waals surface area contributed by atoms with Crippen LogP contribution in [0, 0.1) is 0 Å². The molecule has 0 aromatic carbocycles. The fourth-order valence-corrected chi connectivity index (χ4v) is 4.74. The van der Waals surface area contributed by atoms with Gasteiger partial charge in [-0.15, -0.1) is 0 Å². The maximum atomic E-state index is 12.8. The fourth-order valence-electron chi connectivity index (χ4n) is 3.66. The first-order valence-corrected chi connectivity index (χ1v) is 9.85. The zero-order valence-corrected chi connectivity index (χ0v) is 14.1. The van der Waals surface area contributed by atoms with Crippen molar-refractivity contribution in [3.05, 3.63) is 0 Å². The molecule has 8 heteroatoms. The third kappa shape index (κ3) is 3.15. The zero-order chi connectivity index (χ0) is 15.7. The van der Waals surface area contributed by atoms with Gasteiger partial charge in [0.2, 0.25) is 15.9 Å². The zero-order valence-electron chi connectivity index (χ0n) is 13.3. The van der Waals surface area contributed by atoms with Crippen LogP contribution in [-0.2, 0) is 14.8 Å². The Kier molecular flexibility index (Phi) is 4.72. The van der Waals surface area contributed by atoms with Gasteiger partial charge in [0.15, 0.2) is 0 Å². The van der Waals surface area contributed by atoms with Gasteiger partial charge in [0.1, 0.15) is 6.04 Å². The Morgan fingerprint density at radius 2 is 1.73 bits per heavy atom. The minimum Gasteiger partial charge on any atom is -0.339 e. The van der Waals surface area contributed by atoms with Crippen LogP contribution in [0.4, 0.5) is 0 Å². The van der Waals surface area contributed by atoms with Crippen LogP contribution in [0.5, 0.6) is 0 Å². The van der Waals surface area contributed by atoms with Gasteiger partial charge in [0.05, 0.1) is 5.75 Å². The molecule has 0 aromatic rings. The minimum atomic E-state index is -3.13. The molecule has 4 aliphatic rings. The molecular weight excluding hydrogens is 304 g/mol. The first-order valence-electron chi connectivity index (χ1n) is 8.24. The minimum absolute atomic E-state index is 0.0365. The molecule has 0 N–H and O–H groups in total. The number of piperazine rings is 2. The van der Waals surface area contributed by atoms with Gasteiger partial charge in [-0.25, -0.2) is 8.42 Å². The highest BCUT2D eigenvalue weighted by Crippen LogP contribution is 2.18. The van der Waals surface area contributed by atoms with Gasteiger partial charge < -0.3 is 4.90 Å². The van der Waals surface area contributed by atoms with E-state index in [-0.39, 0.29) is 17.7 Å². The summed E-state index contributed by atoms with van der Waals surface area (Å²) in [6.07, 6.45) is 1.13. The van der Waals surface area contributed by atoms with Gasteiger partial charge >= 0.3 is 0 Å². The number of amides is 1. The van der Waals surface area contributed by atoms with Crippen molar-refractivity contribution in [2.24, 2.45) is 0 Å². The summed E-state index contributed by atoms with van der Waals surface area (Å²) in [5.74, 6) is 0.312. The highest BCUT2D eigenvalue weighted by molar-refractivity contribution is 7.89. The number of rotatable bonds is 3. The average molecular weight is 330 g/mol. The van der Waals surface area contributed by atoms with Crippen LogP contribution in [0.1, 0.15) is 13.3 Å². The Bertz CT molecular complexity index is 512. The standard InChI is InChI=1S/C14H26N4O3S/c1-2-22(20,21)18-10-8-17(9-11-18)14(19)13-12-15-4-3-5-16(13)7-6-15/h13H,2-12H2,1H3. The van der Waals surface area contributed by atoms with Crippen LogP contribution in [0.25, 0.3) is 0 Å². The monoisotopic (exact) mass is 330 g/mol. The third-order valence-electron chi connectivity index (χ3n) is 5.09. The molecule has 4 rings (SSSR count). The fraction of sp³-hybridized carbons (Fsp3) is 0.929. The van der Waals surface area contributed by atoms with Crippen molar-refractivity contribution in [1.29, 1.82) is 0 Å². The number of hydrogen-bond donors (Lipinski definition) is 0. The molecule has 0 aliphatic carbocycles. The molecule has 22 heavy (non-hydrogen) atoms. The maximum absolute atomic E-state index is 12.8. The predicted molar refractivity (Wildman–Crippen MR) is 84.0 cm³/mol. The van der Waals surface area contributed by atoms with E-state index in [1.165, 1.54) is 4.31 Å². The van der Waals surface area contributed by atoms with Gasteiger partial charge in [-0.05, 0) is 19.9 Å². The highest BCUT2D eigenvalue weighted by Gasteiger charge is 2.38. The van der Waals surface area contributed by atoms with E-state index < -0.39 is 10.0 Å². The summed E-state index contributed by atoms with van der Waals surface area (Å²) in [5, 5.41) is 0. The van der Waals surface area contributed by atoms with Crippen molar-refractivity contribution in [3.63, 3.8) is 0 Å². The molecule has 3 atom stereocenters. The molecule has 0 saturated carbocycles. The molecule has 4 heterocycles. The second-order valence-electron chi connectivity index (χ2n) is 6.33. The number of carbonyl (C=O) groups excluding carboxylic acids is 1. The Balaban J connectivity index is 1.60. The van der Waals surface area contributed by atoms with Crippen molar-refractivity contribution < 1.29 is 13.2 Å². The highest BCUT2D eigenvalue weighted by atomic mass is 32.2. The lowest BCUT2D eigenvalue weighted by Crippen LogP contribution is -2.60. The molecule has 2 bridgehead atoms. The molecular formula is C14H26N4O3S. The molecule has 4 aliphatic heterocycles. The van der Waals surface area contributed by atoms with Crippen molar-refractivity contribution in [3.8, 4) is 0 Å². The van der Waals surface area contributed by atoms with E-state index in [1.54, 1.807) is 6.92 Å². The molecule has 0 aromatic heterocycles. The molecule has 1 amide bonds. The molecule has 126 valence electrons. The van der Waals surface area contributed by atoms with E-state index >= 15 is 0 Å².